The summed E-state index contributed by atoms with van der Waals surface area (Å²) >= 11 is 0. The lowest BCUT2D eigenvalue weighted by molar-refractivity contribution is 0.324. The van der Waals surface area contributed by atoms with E-state index < -0.39 is 0 Å². The number of nitrogens with zero attached hydrogens (tertiary/aromatic N) is 1. The Morgan fingerprint density at radius 3 is 2.74 bits per heavy atom. The lowest BCUT2D eigenvalue weighted by Gasteiger charge is -2.21. The van der Waals surface area contributed by atoms with Crippen molar-refractivity contribution in [3.63, 3.8) is 0 Å². The maximum absolute atomic E-state index is 3.87. The summed E-state index contributed by atoms with van der Waals surface area (Å²) in [5.74, 6) is 0. The Hall–Kier alpha value is -1.32. The number of benzene rings is 1. The van der Waals surface area contributed by atoms with Gasteiger partial charge in [-0.2, -0.15) is 0 Å². The van der Waals surface area contributed by atoms with Crippen LogP contribution in [0.3, 0.4) is 0 Å². The highest BCUT2D eigenvalue weighted by atomic mass is 15.2. The normalized spacial score (nSPS) is 20.4. The van der Waals surface area contributed by atoms with Crippen LogP contribution in [0.15, 0.2) is 18.2 Å². The fourth-order valence-electron chi connectivity index (χ4n) is 4.19. The Labute approximate surface area is 142 Å². The zero-order valence-electron chi connectivity index (χ0n) is 14.5. The fraction of sp³-hybridized carbons (Fsp3) is 0.600. The molecule has 23 heavy (non-hydrogen) atoms. The first-order valence-corrected chi connectivity index (χ1v) is 9.31. The zero-order chi connectivity index (χ0) is 15.9. The van der Waals surface area contributed by atoms with Crippen LogP contribution in [-0.2, 0) is 12.0 Å². The molecule has 1 saturated carbocycles. The number of likely N-dealkylation sites (tertiary alicyclic amines) is 1. The monoisotopic (exact) mass is 315 g/mol. The summed E-state index contributed by atoms with van der Waals surface area (Å²) in [4.78, 5) is 6.16. The van der Waals surface area contributed by atoms with Gasteiger partial charge in [-0.1, -0.05) is 13.0 Å². The van der Waals surface area contributed by atoms with Crippen molar-refractivity contribution in [3.05, 3.63) is 35.0 Å². The third kappa shape index (κ3) is 2.81. The molecule has 1 aliphatic heterocycles. The molecular weight excluding hydrogens is 282 g/mol. The number of H-pyrrole nitrogens is 1. The molecule has 3 nitrogen and oxygen atoms in total. The van der Waals surface area contributed by atoms with Crippen molar-refractivity contribution >= 4 is 10.9 Å². The van der Waals surface area contributed by atoms with Gasteiger partial charge in [0, 0.05) is 38.1 Å². The van der Waals surface area contributed by atoms with Crippen molar-refractivity contribution in [2.45, 2.75) is 51.5 Å². The predicted molar refractivity (Wildman–Crippen MR) is 101 cm³/mol. The molecule has 4 rings (SSSR count). The number of nitrogens with one attached hydrogen (secondary N) is 2. The maximum atomic E-state index is 3.87. The fourth-order valence-corrected chi connectivity index (χ4v) is 4.19. The smallest absolute Gasteiger partial charge is 0.0459 e. The van der Waals surface area contributed by atoms with Crippen LogP contribution in [0.4, 0.5) is 0 Å². The predicted octanol–water partition coefficient (Wildman–Crippen LogP) is 4.21. The average Bonchev–Trinajstić information content (AvgIpc) is 3.03. The largest absolute Gasteiger partial charge is 0.358 e. The Morgan fingerprint density at radius 2 is 2.04 bits per heavy atom. The van der Waals surface area contributed by atoms with Crippen LogP contribution in [0.25, 0.3) is 10.9 Å². The van der Waals surface area contributed by atoms with Gasteiger partial charge in [0.05, 0.1) is 0 Å². The minimum absolute atomic E-state index is 0. The molecule has 2 aromatic rings. The molecule has 2 heterocycles. The molecule has 0 unspecified atom stereocenters. The van der Waals surface area contributed by atoms with Crippen molar-refractivity contribution in [2.24, 2.45) is 0 Å². The molecule has 0 radical (unpaired) electrons. The van der Waals surface area contributed by atoms with Gasteiger partial charge in [-0.25, -0.2) is 0 Å². The van der Waals surface area contributed by atoms with Gasteiger partial charge >= 0.3 is 0 Å². The third-order valence-corrected chi connectivity index (χ3v) is 5.91. The van der Waals surface area contributed by atoms with E-state index in [2.05, 4.69) is 47.2 Å². The van der Waals surface area contributed by atoms with E-state index >= 15 is 0 Å². The molecule has 2 N–H and O–H groups in total. The standard InChI is InChI=1S/C20H29N3.2H2/c1-3-18-15(2)17-14-16(6-7-19(17)22-18)20(8-9-20)21-10-13-23-11-4-5-12-23;;/h6-7,14,21-22H,3-5,8-13H2,1-2H3;2*1H. The zero-order valence-corrected chi connectivity index (χ0v) is 14.5. The van der Waals surface area contributed by atoms with Crippen molar-refractivity contribution in [3.8, 4) is 0 Å². The van der Waals surface area contributed by atoms with Gasteiger partial charge in [-0.3, -0.25) is 0 Å². The topological polar surface area (TPSA) is 31.1 Å². The number of hydrogen-bond donors (Lipinski definition) is 2. The molecule has 0 bridgehead atoms. The van der Waals surface area contributed by atoms with E-state index in [4.69, 9.17) is 0 Å². The van der Waals surface area contributed by atoms with E-state index in [9.17, 15) is 0 Å². The van der Waals surface area contributed by atoms with Crippen molar-refractivity contribution in [1.29, 1.82) is 0 Å². The molecule has 0 spiro atoms. The summed E-state index contributed by atoms with van der Waals surface area (Å²) in [6, 6.07) is 7.03. The van der Waals surface area contributed by atoms with Gasteiger partial charge < -0.3 is 15.2 Å². The number of aryl methyl sites for hydroxylation is 2. The maximum Gasteiger partial charge on any atom is 0.0459 e. The Balaban J connectivity index is 0.00000113. The Morgan fingerprint density at radius 1 is 1.26 bits per heavy atom. The SMILES string of the molecule is CCc1[nH]c2ccc(C3(NCCN4CCCC4)CC3)cc2c1C.[HH].[HH]. The Kier molecular flexibility index (Phi) is 3.94. The van der Waals surface area contributed by atoms with Gasteiger partial charge in [0.15, 0.2) is 0 Å². The summed E-state index contributed by atoms with van der Waals surface area (Å²) in [6.45, 7) is 9.38. The minimum atomic E-state index is 0. The van der Waals surface area contributed by atoms with Crippen LogP contribution in [0.1, 0.15) is 52.3 Å². The number of aromatic nitrogens is 1. The highest BCUT2D eigenvalue weighted by Gasteiger charge is 2.43. The second kappa shape index (κ2) is 5.95. The van der Waals surface area contributed by atoms with Gasteiger partial charge in [0.2, 0.25) is 0 Å². The van der Waals surface area contributed by atoms with Crippen molar-refractivity contribution in [1.82, 2.24) is 15.2 Å². The first kappa shape index (κ1) is 15.2. The third-order valence-electron chi connectivity index (χ3n) is 5.91. The lowest BCUT2D eigenvalue weighted by Crippen LogP contribution is -2.36. The van der Waals surface area contributed by atoms with Gasteiger partial charge in [-0.15, -0.1) is 0 Å². The summed E-state index contributed by atoms with van der Waals surface area (Å²) in [5.41, 5.74) is 5.83. The molecule has 1 saturated heterocycles. The van der Waals surface area contributed by atoms with E-state index in [1.165, 1.54) is 73.0 Å². The first-order valence-electron chi connectivity index (χ1n) is 9.31. The highest BCUT2D eigenvalue weighted by molar-refractivity contribution is 5.85. The molecule has 1 aliphatic carbocycles. The van der Waals surface area contributed by atoms with Gasteiger partial charge in [0.25, 0.3) is 0 Å². The van der Waals surface area contributed by atoms with Crippen LogP contribution in [0, 0.1) is 6.92 Å². The summed E-state index contributed by atoms with van der Waals surface area (Å²) in [6.07, 6.45) is 6.41. The molecule has 128 valence electrons. The molecule has 1 aromatic heterocycles. The second-order valence-corrected chi connectivity index (χ2v) is 7.40. The van der Waals surface area contributed by atoms with Crippen LogP contribution in [0.5, 0.6) is 0 Å². The second-order valence-electron chi connectivity index (χ2n) is 7.40. The molecule has 3 heteroatoms. The van der Waals surface area contributed by atoms with Crippen LogP contribution >= 0.6 is 0 Å². The molecule has 0 atom stereocenters. The van der Waals surface area contributed by atoms with Crippen molar-refractivity contribution < 1.29 is 2.85 Å². The number of fused-ring (bicyclic) bond motifs is 1. The molecule has 1 aromatic carbocycles. The quantitative estimate of drug-likeness (QED) is 0.837. The van der Waals surface area contributed by atoms with Gasteiger partial charge in [0.1, 0.15) is 0 Å². The van der Waals surface area contributed by atoms with E-state index in [0.717, 1.165) is 13.0 Å². The molecular formula is C20H33N3. The molecule has 2 aliphatic rings. The van der Waals surface area contributed by atoms with Crippen LogP contribution in [0.2, 0.25) is 0 Å². The van der Waals surface area contributed by atoms with E-state index in [1.54, 1.807) is 0 Å². The summed E-state index contributed by atoms with van der Waals surface area (Å²) < 4.78 is 0. The number of rotatable bonds is 6. The first-order chi connectivity index (χ1) is 11.2. The molecule has 0 amide bonds. The number of aromatic amines is 1. The Bertz CT molecular complexity index is 700. The van der Waals surface area contributed by atoms with Crippen molar-refractivity contribution in [2.75, 3.05) is 26.2 Å². The van der Waals surface area contributed by atoms with Gasteiger partial charge in [-0.05, 0) is 75.4 Å². The molecule has 2 fully saturated rings. The minimum Gasteiger partial charge on any atom is -0.358 e. The average molecular weight is 316 g/mol. The van der Waals surface area contributed by atoms with Crippen LogP contribution in [-0.4, -0.2) is 36.1 Å². The van der Waals surface area contributed by atoms with E-state index in [0.29, 0.717) is 0 Å². The summed E-state index contributed by atoms with van der Waals surface area (Å²) in [7, 11) is 0. The summed E-state index contributed by atoms with van der Waals surface area (Å²) in [5, 5.41) is 5.28. The van der Waals surface area contributed by atoms with E-state index in [1.807, 2.05) is 0 Å². The van der Waals surface area contributed by atoms with E-state index in [-0.39, 0.29) is 8.39 Å². The van der Waals surface area contributed by atoms with Crippen LogP contribution < -0.4 is 5.32 Å². The lowest BCUT2D eigenvalue weighted by atomic mass is 10.0. The number of hydrogen-bond acceptors (Lipinski definition) is 2. The highest BCUT2D eigenvalue weighted by Crippen LogP contribution is 2.46.